The molecule has 2 amide bonds. The molecule has 1 aliphatic carbocycles. The highest BCUT2D eigenvalue weighted by Gasteiger charge is 2.33. The van der Waals surface area contributed by atoms with Gasteiger partial charge in [-0.1, -0.05) is 49.6 Å². The van der Waals surface area contributed by atoms with Gasteiger partial charge in [0, 0.05) is 19.5 Å². The standard InChI is InChI=1S/C26H34N2O5/c1-18(29)28(17-19-11-7-5-8-12-19)24(26(30)27-21-13-9-6-10-14-21)20-15-22(31-2)25(33-4)23(16-20)32-3/h5,7-8,11-12,15-16,21,24H,6,9-10,13-14,17H2,1-4H3,(H,27,30)/t24-/m1/s1. The summed E-state index contributed by atoms with van der Waals surface area (Å²) in [7, 11) is 4.60. The van der Waals surface area contributed by atoms with E-state index in [1.807, 2.05) is 30.3 Å². The highest BCUT2D eigenvalue weighted by atomic mass is 16.5. The first-order chi connectivity index (χ1) is 16.0. The van der Waals surface area contributed by atoms with Crippen molar-refractivity contribution in [1.29, 1.82) is 0 Å². The van der Waals surface area contributed by atoms with E-state index in [-0.39, 0.29) is 17.9 Å². The summed E-state index contributed by atoms with van der Waals surface area (Å²) >= 11 is 0. The number of carbonyl (C=O) groups is 2. The van der Waals surface area contributed by atoms with Crippen LogP contribution < -0.4 is 19.5 Å². The van der Waals surface area contributed by atoms with Crippen LogP contribution in [0.3, 0.4) is 0 Å². The average Bonchev–Trinajstić information content (AvgIpc) is 2.84. The molecule has 0 spiro atoms. The fourth-order valence-corrected chi connectivity index (χ4v) is 4.42. The molecule has 1 aliphatic rings. The van der Waals surface area contributed by atoms with Gasteiger partial charge in [-0.2, -0.15) is 0 Å². The Morgan fingerprint density at radius 1 is 0.970 bits per heavy atom. The van der Waals surface area contributed by atoms with Crippen LogP contribution in [0.2, 0.25) is 0 Å². The smallest absolute Gasteiger partial charge is 0.247 e. The van der Waals surface area contributed by atoms with E-state index in [1.54, 1.807) is 17.0 Å². The minimum Gasteiger partial charge on any atom is -0.493 e. The predicted molar refractivity (Wildman–Crippen MR) is 127 cm³/mol. The van der Waals surface area contributed by atoms with Gasteiger partial charge in [-0.15, -0.1) is 0 Å². The fraction of sp³-hybridized carbons (Fsp3) is 0.462. The molecule has 1 saturated carbocycles. The molecule has 7 heteroatoms. The van der Waals surface area contributed by atoms with Crippen molar-refractivity contribution in [2.45, 2.75) is 57.7 Å². The van der Waals surface area contributed by atoms with Crippen molar-refractivity contribution in [3.8, 4) is 17.2 Å². The fourth-order valence-electron chi connectivity index (χ4n) is 4.42. The van der Waals surface area contributed by atoms with Crippen LogP contribution in [0.5, 0.6) is 17.2 Å². The molecular weight excluding hydrogens is 420 g/mol. The largest absolute Gasteiger partial charge is 0.493 e. The molecule has 3 rings (SSSR count). The van der Waals surface area contributed by atoms with Crippen molar-refractivity contribution >= 4 is 11.8 Å². The maximum atomic E-state index is 13.7. The molecular formula is C26H34N2O5. The Morgan fingerprint density at radius 3 is 2.09 bits per heavy atom. The Kier molecular flexibility index (Phi) is 8.58. The number of hydrogen-bond donors (Lipinski definition) is 1. The quantitative estimate of drug-likeness (QED) is 0.613. The number of rotatable bonds is 9. The normalized spacial score (nSPS) is 14.8. The van der Waals surface area contributed by atoms with Gasteiger partial charge in [0.1, 0.15) is 6.04 Å². The molecule has 0 saturated heterocycles. The number of nitrogens with one attached hydrogen (secondary N) is 1. The first-order valence-corrected chi connectivity index (χ1v) is 11.4. The lowest BCUT2D eigenvalue weighted by Gasteiger charge is -2.33. The van der Waals surface area contributed by atoms with Crippen LogP contribution in [0.1, 0.15) is 56.2 Å². The average molecular weight is 455 g/mol. The third kappa shape index (κ3) is 5.97. The summed E-state index contributed by atoms with van der Waals surface area (Å²) in [5, 5.41) is 3.20. The molecule has 0 aromatic heterocycles. The summed E-state index contributed by atoms with van der Waals surface area (Å²) in [6.07, 6.45) is 5.29. The summed E-state index contributed by atoms with van der Waals surface area (Å²) in [4.78, 5) is 28.1. The van der Waals surface area contributed by atoms with Crippen molar-refractivity contribution in [3.63, 3.8) is 0 Å². The minimum atomic E-state index is -0.849. The van der Waals surface area contributed by atoms with Crippen LogP contribution in [0.15, 0.2) is 42.5 Å². The molecule has 0 heterocycles. The second-order valence-electron chi connectivity index (χ2n) is 8.34. The molecule has 7 nitrogen and oxygen atoms in total. The molecule has 2 aromatic rings. The van der Waals surface area contributed by atoms with Crippen LogP contribution >= 0.6 is 0 Å². The van der Waals surface area contributed by atoms with Crippen molar-refractivity contribution in [2.75, 3.05) is 21.3 Å². The van der Waals surface area contributed by atoms with Gasteiger partial charge in [0.25, 0.3) is 0 Å². The van der Waals surface area contributed by atoms with E-state index in [0.717, 1.165) is 31.2 Å². The number of methoxy groups -OCH3 is 3. The Morgan fingerprint density at radius 2 is 1.58 bits per heavy atom. The van der Waals surface area contributed by atoms with Crippen molar-refractivity contribution in [1.82, 2.24) is 10.2 Å². The minimum absolute atomic E-state index is 0.112. The van der Waals surface area contributed by atoms with Crippen LogP contribution in [0, 0.1) is 0 Å². The highest BCUT2D eigenvalue weighted by molar-refractivity contribution is 5.88. The lowest BCUT2D eigenvalue weighted by molar-refractivity contribution is -0.140. The third-order valence-electron chi connectivity index (χ3n) is 6.11. The summed E-state index contributed by atoms with van der Waals surface area (Å²) in [6, 6.07) is 12.4. The molecule has 1 atom stereocenters. The maximum absolute atomic E-state index is 13.7. The lowest BCUT2D eigenvalue weighted by atomic mass is 9.94. The monoisotopic (exact) mass is 454 g/mol. The van der Waals surface area contributed by atoms with Gasteiger partial charge in [0.2, 0.25) is 17.6 Å². The van der Waals surface area contributed by atoms with E-state index in [1.165, 1.54) is 34.7 Å². The number of nitrogens with zero attached hydrogens (tertiary/aromatic N) is 1. The molecule has 2 aromatic carbocycles. The molecule has 178 valence electrons. The summed E-state index contributed by atoms with van der Waals surface area (Å²) in [5.41, 5.74) is 1.54. The van der Waals surface area contributed by atoms with Crippen molar-refractivity contribution in [2.24, 2.45) is 0 Å². The molecule has 0 radical (unpaired) electrons. The number of benzene rings is 2. The second kappa shape index (κ2) is 11.6. The van der Waals surface area contributed by atoms with Gasteiger partial charge in [0.15, 0.2) is 11.5 Å². The van der Waals surface area contributed by atoms with Gasteiger partial charge in [-0.25, -0.2) is 0 Å². The van der Waals surface area contributed by atoms with Crippen molar-refractivity contribution in [3.05, 3.63) is 53.6 Å². The Hall–Kier alpha value is -3.22. The summed E-state index contributed by atoms with van der Waals surface area (Å²) < 4.78 is 16.5. The van der Waals surface area contributed by atoms with Crippen LogP contribution in [0.4, 0.5) is 0 Å². The third-order valence-corrected chi connectivity index (χ3v) is 6.11. The van der Waals surface area contributed by atoms with E-state index < -0.39 is 6.04 Å². The summed E-state index contributed by atoms with van der Waals surface area (Å²) in [6.45, 7) is 1.79. The zero-order valence-electron chi connectivity index (χ0n) is 19.9. The zero-order valence-corrected chi connectivity index (χ0v) is 19.9. The van der Waals surface area contributed by atoms with Gasteiger partial charge < -0.3 is 24.4 Å². The van der Waals surface area contributed by atoms with Gasteiger partial charge in [-0.3, -0.25) is 9.59 Å². The Balaban J connectivity index is 2.05. The van der Waals surface area contributed by atoms with Gasteiger partial charge >= 0.3 is 0 Å². The maximum Gasteiger partial charge on any atom is 0.247 e. The van der Waals surface area contributed by atoms with Crippen LogP contribution in [0.25, 0.3) is 0 Å². The van der Waals surface area contributed by atoms with E-state index in [9.17, 15) is 9.59 Å². The highest BCUT2D eigenvalue weighted by Crippen LogP contribution is 2.41. The van der Waals surface area contributed by atoms with Crippen LogP contribution in [-0.2, 0) is 16.1 Å². The second-order valence-corrected chi connectivity index (χ2v) is 8.34. The number of ether oxygens (including phenoxy) is 3. The van der Waals surface area contributed by atoms with Gasteiger partial charge in [-0.05, 0) is 36.1 Å². The first kappa shape index (κ1) is 24.4. The molecule has 1 N–H and O–H groups in total. The zero-order chi connectivity index (χ0) is 23.8. The lowest BCUT2D eigenvalue weighted by Crippen LogP contribution is -2.46. The number of carbonyl (C=O) groups excluding carboxylic acids is 2. The number of hydrogen-bond acceptors (Lipinski definition) is 5. The van der Waals surface area contributed by atoms with Crippen molar-refractivity contribution < 1.29 is 23.8 Å². The summed E-state index contributed by atoms with van der Waals surface area (Å²) in [5.74, 6) is 0.905. The predicted octanol–water partition coefficient (Wildman–Crippen LogP) is 4.25. The topological polar surface area (TPSA) is 77.1 Å². The first-order valence-electron chi connectivity index (χ1n) is 11.4. The molecule has 1 fully saturated rings. The molecule has 0 aliphatic heterocycles. The molecule has 0 unspecified atom stereocenters. The van der Waals surface area contributed by atoms with E-state index >= 15 is 0 Å². The number of amides is 2. The van der Waals surface area contributed by atoms with Gasteiger partial charge in [0.05, 0.1) is 21.3 Å². The van der Waals surface area contributed by atoms with E-state index in [0.29, 0.717) is 29.4 Å². The SMILES string of the molecule is COc1cc([C@H](C(=O)NC2CCCCC2)N(Cc2ccccc2)C(C)=O)cc(OC)c1OC. The Labute approximate surface area is 196 Å². The van der Waals surface area contributed by atoms with E-state index in [4.69, 9.17) is 14.2 Å². The molecule has 33 heavy (non-hydrogen) atoms. The molecule has 0 bridgehead atoms. The Bertz CT molecular complexity index is 916. The van der Waals surface area contributed by atoms with E-state index in [2.05, 4.69) is 5.32 Å². The van der Waals surface area contributed by atoms with Crippen LogP contribution in [-0.4, -0.2) is 44.1 Å².